The molecule has 1 saturated heterocycles. The van der Waals surface area contributed by atoms with E-state index in [0.29, 0.717) is 18.8 Å². The zero-order valence-corrected chi connectivity index (χ0v) is 15.4. The molecule has 0 radical (unpaired) electrons. The first-order valence-corrected chi connectivity index (χ1v) is 9.17. The lowest BCUT2D eigenvalue weighted by atomic mass is 10.1. The maximum Gasteiger partial charge on any atom is 0.255 e. The molecule has 0 spiro atoms. The van der Waals surface area contributed by atoms with Crippen LogP contribution in [0.25, 0.3) is 0 Å². The Labute approximate surface area is 154 Å². The van der Waals surface area contributed by atoms with Crippen LogP contribution in [0, 0.1) is 0 Å². The maximum atomic E-state index is 12.6. The van der Waals surface area contributed by atoms with Gasteiger partial charge in [-0.2, -0.15) is 0 Å². The highest BCUT2D eigenvalue weighted by atomic mass is 16.5. The number of nitrogens with zero attached hydrogens (tertiary/aromatic N) is 1. The Morgan fingerprint density at radius 1 is 1.15 bits per heavy atom. The number of hydrogen-bond donors (Lipinski definition) is 1. The molecular formula is C21H26N2O3. The zero-order valence-electron chi connectivity index (χ0n) is 15.4. The first-order valence-electron chi connectivity index (χ1n) is 9.17. The monoisotopic (exact) mass is 354 g/mol. The number of nitrogens with one attached hydrogen (secondary N) is 1. The first kappa shape index (κ1) is 18.3. The number of ether oxygens (including phenoxy) is 2. The van der Waals surface area contributed by atoms with Crippen LogP contribution in [0.1, 0.15) is 30.6 Å². The van der Waals surface area contributed by atoms with Crippen molar-refractivity contribution in [2.75, 3.05) is 36.5 Å². The Bertz CT molecular complexity index is 724. The molecule has 5 nitrogen and oxygen atoms in total. The van der Waals surface area contributed by atoms with Crippen LogP contribution in [0.2, 0.25) is 0 Å². The lowest BCUT2D eigenvalue weighted by Gasteiger charge is -2.30. The zero-order chi connectivity index (χ0) is 18.4. The van der Waals surface area contributed by atoms with Gasteiger partial charge in [-0.1, -0.05) is 19.1 Å². The summed E-state index contributed by atoms with van der Waals surface area (Å²) < 4.78 is 11.2. The van der Waals surface area contributed by atoms with Gasteiger partial charge in [0.25, 0.3) is 5.91 Å². The average Bonchev–Trinajstić information content (AvgIpc) is 2.69. The molecule has 138 valence electrons. The van der Waals surface area contributed by atoms with Gasteiger partial charge in [-0.05, 0) is 49.7 Å². The van der Waals surface area contributed by atoms with Gasteiger partial charge in [0, 0.05) is 18.7 Å². The SMILES string of the molecule is CC[C@@H](C)Oc1ccc(C(=O)Nc2ccccc2N2CCOCC2)cc1. The molecule has 5 heteroatoms. The van der Waals surface area contributed by atoms with Crippen LogP contribution in [0.4, 0.5) is 11.4 Å². The van der Waals surface area contributed by atoms with E-state index in [1.807, 2.05) is 43.3 Å². The minimum absolute atomic E-state index is 0.124. The van der Waals surface area contributed by atoms with Crippen LogP contribution in [-0.4, -0.2) is 38.3 Å². The third-order valence-corrected chi connectivity index (χ3v) is 4.53. The molecule has 0 aliphatic carbocycles. The van der Waals surface area contributed by atoms with Gasteiger partial charge in [0.05, 0.1) is 30.7 Å². The number of hydrogen-bond acceptors (Lipinski definition) is 4. The van der Waals surface area contributed by atoms with Gasteiger partial charge in [0.15, 0.2) is 0 Å². The van der Waals surface area contributed by atoms with Crippen molar-refractivity contribution in [3.8, 4) is 5.75 Å². The number of rotatable bonds is 6. The number of morpholine rings is 1. The molecule has 2 aromatic rings. The van der Waals surface area contributed by atoms with E-state index in [0.717, 1.165) is 36.6 Å². The van der Waals surface area contributed by atoms with Crippen molar-refractivity contribution in [1.29, 1.82) is 0 Å². The van der Waals surface area contributed by atoms with Crippen molar-refractivity contribution in [2.45, 2.75) is 26.4 Å². The summed E-state index contributed by atoms with van der Waals surface area (Å²) in [6.45, 7) is 7.19. The molecule has 1 heterocycles. The predicted molar refractivity (Wildman–Crippen MR) is 104 cm³/mol. The number of carbonyl (C=O) groups excluding carboxylic acids is 1. The minimum Gasteiger partial charge on any atom is -0.491 e. The van der Waals surface area contributed by atoms with Crippen LogP contribution < -0.4 is 15.0 Å². The number of para-hydroxylation sites is 2. The summed E-state index contributed by atoms with van der Waals surface area (Å²) in [7, 11) is 0. The topological polar surface area (TPSA) is 50.8 Å². The van der Waals surface area contributed by atoms with E-state index in [4.69, 9.17) is 9.47 Å². The lowest BCUT2D eigenvalue weighted by molar-refractivity contribution is 0.102. The second-order valence-electron chi connectivity index (χ2n) is 6.43. The van der Waals surface area contributed by atoms with Gasteiger partial charge in [-0.15, -0.1) is 0 Å². The van der Waals surface area contributed by atoms with E-state index in [1.165, 1.54) is 0 Å². The molecule has 0 aromatic heterocycles. The van der Waals surface area contributed by atoms with Crippen LogP contribution in [0.3, 0.4) is 0 Å². The molecule has 26 heavy (non-hydrogen) atoms. The summed E-state index contributed by atoms with van der Waals surface area (Å²) in [5.74, 6) is 0.658. The summed E-state index contributed by atoms with van der Waals surface area (Å²) >= 11 is 0. The van der Waals surface area contributed by atoms with Gasteiger partial charge in [0.1, 0.15) is 5.75 Å². The molecule has 1 N–H and O–H groups in total. The molecule has 1 fully saturated rings. The van der Waals surface area contributed by atoms with Crippen molar-refractivity contribution >= 4 is 17.3 Å². The van der Waals surface area contributed by atoms with Crippen LogP contribution >= 0.6 is 0 Å². The number of benzene rings is 2. The van der Waals surface area contributed by atoms with Gasteiger partial charge < -0.3 is 19.7 Å². The fourth-order valence-electron chi connectivity index (χ4n) is 2.85. The number of anilines is 2. The molecule has 3 rings (SSSR count). The van der Waals surface area contributed by atoms with Gasteiger partial charge in [-0.25, -0.2) is 0 Å². The highest BCUT2D eigenvalue weighted by molar-refractivity contribution is 6.06. The van der Waals surface area contributed by atoms with Gasteiger partial charge >= 0.3 is 0 Å². The summed E-state index contributed by atoms with van der Waals surface area (Å²) in [5, 5.41) is 3.03. The van der Waals surface area contributed by atoms with E-state index in [-0.39, 0.29) is 12.0 Å². The largest absolute Gasteiger partial charge is 0.491 e. The van der Waals surface area contributed by atoms with Gasteiger partial charge in [-0.3, -0.25) is 4.79 Å². The number of amides is 1. The Morgan fingerprint density at radius 2 is 1.85 bits per heavy atom. The smallest absolute Gasteiger partial charge is 0.255 e. The molecule has 0 unspecified atom stereocenters. The lowest BCUT2D eigenvalue weighted by Crippen LogP contribution is -2.36. The summed E-state index contributed by atoms with van der Waals surface area (Å²) in [5.41, 5.74) is 2.46. The van der Waals surface area contributed by atoms with Crippen molar-refractivity contribution in [3.05, 3.63) is 54.1 Å². The van der Waals surface area contributed by atoms with E-state index in [2.05, 4.69) is 17.1 Å². The third-order valence-electron chi connectivity index (χ3n) is 4.53. The number of carbonyl (C=O) groups is 1. The van der Waals surface area contributed by atoms with Crippen molar-refractivity contribution in [2.24, 2.45) is 0 Å². The third kappa shape index (κ3) is 4.55. The van der Waals surface area contributed by atoms with E-state index in [9.17, 15) is 4.79 Å². The standard InChI is InChI=1S/C21H26N2O3/c1-3-16(2)26-18-10-8-17(9-11-18)21(24)22-19-6-4-5-7-20(19)23-12-14-25-15-13-23/h4-11,16H,3,12-15H2,1-2H3,(H,22,24)/t16-/m1/s1. The van der Waals surface area contributed by atoms with Crippen molar-refractivity contribution in [3.63, 3.8) is 0 Å². The minimum atomic E-state index is -0.124. The molecule has 0 bridgehead atoms. The predicted octanol–water partition coefficient (Wildman–Crippen LogP) is 3.95. The Morgan fingerprint density at radius 3 is 2.54 bits per heavy atom. The van der Waals surface area contributed by atoms with Crippen LogP contribution in [0.15, 0.2) is 48.5 Å². The Kier molecular flexibility index (Phi) is 6.12. The maximum absolute atomic E-state index is 12.6. The first-order chi connectivity index (χ1) is 12.7. The molecule has 1 aliphatic heterocycles. The van der Waals surface area contributed by atoms with E-state index >= 15 is 0 Å². The van der Waals surface area contributed by atoms with Crippen LogP contribution in [-0.2, 0) is 4.74 Å². The van der Waals surface area contributed by atoms with E-state index < -0.39 is 0 Å². The highest BCUT2D eigenvalue weighted by Crippen LogP contribution is 2.27. The van der Waals surface area contributed by atoms with Gasteiger partial charge in [0.2, 0.25) is 0 Å². The fraction of sp³-hybridized carbons (Fsp3) is 0.381. The molecular weight excluding hydrogens is 328 g/mol. The quantitative estimate of drug-likeness (QED) is 0.853. The van der Waals surface area contributed by atoms with Crippen LogP contribution in [0.5, 0.6) is 5.75 Å². The second kappa shape index (κ2) is 8.72. The normalized spacial score (nSPS) is 15.4. The Hall–Kier alpha value is -2.53. The molecule has 1 amide bonds. The summed E-state index contributed by atoms with van der Waals surface area (Å²) in [6.07, 6.45) is 1.11. The fourth-order valence-corrected chi connectivity index (χ4v) is 2.85. The molecule has 0 saturated carbocycles. The summed E-state index contributed by atoms with van der Waals surface area (Å²) in [4.78, 5) is 14.9. The molecule has 1 aliphatic rings. The van der Waals surface area contributed by atoms with Crippen molar-refractivity contribution in [1.82, 2.24) is 0 Å². The van der Waals surface area contributed by atoms with Crippen molar-refractivity contribution < 1.29 is 14.3 Å². The Balaban J connectivity index is 1.70. The average molecular weight is 354 g/mol. The molecule has 1 atom stereocenters. The highest BCUT2D eigenvalue weighted by Gasteiger charge is 2.16. The summed E-state index contributed by atoms with van der Waals surface area (Å²) in [6, 6.07) is 15.2. The second-order valence-corrected chi connectivity index (χ2v) is 6.43. The van der Waals surface area contributed by atoms with E-state index in [1.54, 1.807) is 12.1 Å². The molecule has 2 aromatic carbocycles.